The van der Waals surface area contributed by atoms with Crippen LogP contribution in [-0.2, 0) is 9.53 Å². The van der Waals surface area contributed by atoms with Gasteiger partial charge in [0, 0.05) is 13.1 Å². The average Bonchev–Trinajstić information content (AvgIpc) is 2.13. The van der Waals surface area contributed by atoms with E-state index in [9.17, 15) is 4.79 Å². The molecule has 0 aliphatic carbocycles. The third-order valence-corrected chi connectivity index (χ3v) is 4.00. The molecule has 0 spiro atoms. The van der Waals surface area contributed by atoms with Crippen LogP contribution >= 0.6 is 15.9 Å². The van der Waals surface area contributed by atoms with E-state index in [1.807, 2.05) is 32.6 Å². The Hall–Kier alpha value is -0.0900. The molecule has 1 aliphatic heterocycles. The van der Waals surface area contributed by atoms with Crippen LogP contribution in [0.4, 0.5) is 0 Å². The zero-order valence-corrected chi connectivity index (χ0v) is 11.5. The lowest BCUT2D eigenvalue weighted by Gasteiger charge is -2.36. The predicted octanol–water partition coefficient (Wildman–Crippen LogP) is 2.04. The van der Waals surface area contributed by atoms with Gasteiger partial charge in [0.1, 0.15) is 0 Å². The van der Waals surface area contributed by atoms with E-state index in [1.54, 1.807) is 0 Å². The molecule has 0 aromatic heterocycles. The van der Waals surface area contributed by atoms with Crippen LogP contribution in [0.15, 0.2) is 0 Å². The Labute approximate surface area is 100 Å². The quantitative estimate of drug-likeness (QED) is 0.723. The number of carbonyl (C=O) groups excluding carboxylic acids is 1. The maximum atomic E-state index is 12.1. The summed E-state index contributed by atoms with van der Waals surface area (Å²) in [6.07, 6.45) is 0.286. The second-order valence-electron chi connectivity index (χ2n) is 4.65. The van der Waals surface area contributed by atoms with E-state index in [1.165, 1.54) is 0 Å². The summed E-state index contributed by atoms with van der Waals surface area (Å²) in [5.41, 5.74) is 0. The number of amides is 1. The molecule has 1 amide bonds. The van der Waals surface area contributed by atoms with E-state index < -0.39 is 0 Å². The molecule has 0 aromatic carbocycles. The molecule has 1 heterocycles. The van der Waals surface area contributed by atoms with E-state index in [0.29, 0.717) is 19.0 Å². The zero-order chi connectivity index (χ0) is 11.6. The number of hydrogen-bond donors (Lipinski definition) is 0. The Morgan fingerprint density at radius 3 is 2.20 bits per heavy atom. The minimum Gasteiger partial charge on any atom is -0.372 e. The molecule has 4 heteroatoms. The van der Waals surface area contributed by atoms with Gasteiger partial charge in [-0.2, -0.15) is 0 Å². The van der Waals surface area contributed by atoms with E-state index >= 15 is 0 Å². The maximum Gasteiger partial charge on any atom is 0.236 e. The third kappa shape index (κ3) is 3.45. The van der Waals surface area contributed by atoms with Gasteiger partial charge in [0.15, 0.2) is 0 Å². The van der Waals surface area contributed by atoms with Crippen molar-refractivity contribution < 1.29 is 9.53 Å². The molecular weight excluding hydrogens is 258 g/mol. The predicted molar refractivity (Wildman–Crippen MR) is 64.1 cm³/mol. The SMILES string of the molecule is CC1CN(C(=O)C(Br)C(C)C)CC(C)O1. The molecule has 0 bridgehead atoms. The minimum atomic E-state index is -0.0741. The Morgan fingerprint density at radius 2 is 1.80 bits per heavy atom. The maximum absolute atomic E-state index is 12.1. The normalized spacial score (nSPS) is 29.3. The van der Waals surface area contributed by atoms with Crippen LogP contribution in [0.3, 0.4) is 0 Å². The molecule has 3 atom stereocenters. The largest absolute Gasteiger partial charge is 0.372 e. The fourth-order valence-electron chi connectivity index (χ4n) is 1.82. The van der Waals surface area contributed by atoms with Crippen molar-refractivity contribution in [1.82, 2.24) is 4.90 Å². The summed E-state index contributed by atoms with van der Waals surface area (Å²) >= 11 is 3.45. The van der Waals surface area contributed by atoms with Gasteiger partial charge in [0.2, 0.25) is 5.91 Å². The number of carbonyl (C=O) groups is 1. The highest BCUT2D eigenvalue weighted by atomic mass is 79.9. The molecule has 3 nitrogen and oxygen atoms in total. The van der Waals surface area contributed by atoms with Crippen molar-refractivity contribution in [2.45, 2.75) is 44.7 Å². The van der Waals surface area contributed by atoms with Crippen LogP contribution in [0.5, 0.6) is 0 Å². The molecule has 1 fully saturated rings. The second kappa shape index (κ2) is 5.30. The van der Waals surface area contributed by atoms with Gasteiger partial charge in [0.05, 0.1) is 17.0 Å². The Morgan fingerprint density at radius 1 is 1.33 bits per heavy atom. The highest BCUT2D eigenvalue weighted by Gasteiger charge is 2.30. The van der Waals surface area contributed by atoms with Crippen molar-refractivity contribution in [2.75, 3.05) is 13.1 Å². The summed E-state index contributed by atoms with van der Waals surface area (Å²) < 4.78 is 5.60. The first-order valence-corrected chi connectivity index (χ1v) is 6.41. The van der Waals surface area contributed by atoms with Crippen LogP contribution in [0.2, 0.25) is 0 Å². The van der Waals surface area contributed by atoms with Crippen molar-refractivity contribution in [3.8, 4) is 0 Å². The molecule has 15 heavy (non-hydrogen) atoms. The lowest BCUT2D eigenvalue weighted by Crippen LogP contribution is -2.51. The Balaban J connectivity index is 2.59. The number of hydrogen-bond acceptors (Lipinski definition) is 2. The highest BCUT2D eigenvalue weighted by Crippen LogP contribution is 2.18. The van der Waals surface area contributed by atoms with Gasteiger partial charge >= 0.3 is 0 Å². The number of nitrogens with zero attached hydrogens (tertiary/aromatic N) is 1. The van der Waals surface area contributed by atoms with E-state index in [0.717, 1.165) is 0 Å². The number of alkyl halides is 1. The summed E-state index contributed by atoms with van der Waals surface area (Å²) in [5.74, 6) is 0.512. The fraction of sp³-hybridized carbons (Fsp3) is 0.909. The van der Waals surface area contributed by atoms with Gasteiger partial charge in [-0.3, -0.25) is 4.79 Å². The number of ether oxygens (including phenoxy) is 1. The first-order chi connectivity index (χ1) is 6.91. The summed E-state index contributed by atoms with van der Waals surface area (Å²) in [4.78, 5) is 13.9. The lowest BCUT2D eigenvalue weighted by atomic mass is 10.1. The van der Waals surface area contributed by atoms with Crippen molar-refractivity contribution >= 4 is 21.8 Å². The van der Waals surface area contributed by atoms with Gasteiger partial charge in [-0.25, -0.2) is 0 Å². The van der Waals surface area contributed by atoms with Gasteiger partial charge in [0.25, 0.3) is 0 Å². The summed E-state index contributed by atoms with van der Waals surface area (Å²) in [6, 6.07) is 0. The summed E-state index contributed by atoms with van der Waals surface area (Å²) in [5, 5.41) is 0. The molecule has 1 rings (SSSR count). The molecule has 0 saturated carbocycles. The Kier molecular flexibility index (Phi) is 4.59. The fourth-order valence-corrected chi connectivity index (χ4v) is 2.11. The van der Waals surface area contributed by atoms with Crippen LogP contribution in [0, 0.1) is 5.92 Å². The lowest BCUT2D eigenvalue weighted by molar-refractivity contribution is -0.143. The van der Waals surface area contributed by atoms with Gasteiger partial charge in [-0.05, 0) is 19.8 Å². The van der Waals surface area contributed by atoms with Crippen LogP contribution in [-0.4, -0.2) is 40.9 Å². The van der Waals surface area contributed by atoms with Gasteiger partial charge in [-0.1, -0.05) is 29.8 Å². The summed E-state index contributed by atoms with van der Waals surface area (Å²) in [6.45, 7) is 9.52. The zero-order valence-electron chi connectivity index (χ0n) is 9.87. The molecule has 1 saturated heterocycles. The summed E-state index contributed by atoms with van der Waals surface area (Å²) in [7, 11) is 0. The first-order valence-electron chi connectivity index (χ1n) is 5.50. The second-order valence-corrected chi connectivity index (χ2v) is 5.63. The smallest absolute Gasteiger partial charge is 0.236 e. The van der Waals surface area contributed by atoms with Crippen molar-refractivity contribution in [1.29, 1.82) is 0 Å². The molecule has 0 aromatic rings. The third-order valence-electron chi connectivity index (χ3n) is 2.55. The monoisotopic (exact) mass is 277 g/mol. The topological polar surface area (TPSA) is 29.5 Å². The van der Waals surface area contributed by atoms with E-state index in [4.69, 9.17) is 4.74 Å². The highest BCUT2D eigenvalue weighted by molar-refractivity contribution is 9.10. The number of morpholine rings is 1. The van der Waals surface area contributed by atoms with Crippen LogP contribution < -0.4 is 0 Å². The minimum absolute atomic E-state index is 0.0741. The molecule has 88 valence electrons. The van der Waals surface area contributed by atoms with Crippen molar-refractivity contribution in [2.24, 2.45) is 5.92 Å². The van der Waals surface area contributed by atoms with Crippen LogP contribution in [0.25, 0.3) is 0 Å². The molecule has 3 unspecified atom stereocenters. The van der Waals surface area contributed by atoms with Crippen molar-refractivity contribution in [3.05, 3.63) is 0 Å². The number of rotatable bonds is 2. The molecular formula is C11H20BrNO2. The number of halogens is 1. The first kappa shape index (κ1) is 13.0. The van der Waals surface area contributed by atoms with Crippen molar-refractivity contribution in [3.63, 3.8) is 0 Å². The van der Waals surface area contributed by atoms with E-state index in [2.05, 4.69) is 15.9 Å². The standard InChI is InChI=1S/C11H20BrNO2/c1-7(2)10(12)11(14)13-5-8(3)15-9(4)6-13/h7-10H,5-6H2,1-4H3. The van der Waals surface area contributed by atoms with Gasteiger partial charge in [-0.15, -0.1) is 0 Å². The van der Waals surface area contributed by atoms with Crippen LogP contribution in [0.1, 0.15) is 27.7 Å². The molecule has 1 aliphatic rings. The molecule has 0 radical (unpaired) electrons. The van der Waals surface area contributed by atoms with E-state index in [-0.39, 0.29) is 22.9 Å². The average molecular weight is 278 g/mol. The molecule has 0 N–H and O–H groups in total. The van der Waals surface area contributed by atoms with Gasteiger partial charge < -0.3 is 9.64 Å². The Bertz CT molecular complexity index is 223.